The van der Waals surface area contributed by atoms with Crippen molar-refractivity contribution in [1.29, 1.82) is 0 Å². The zero-order valence-corrected chi connectivity index (χ0v) is 11.4. The molecule has 0 unspecified atom stereocenters. The van der Waals surface area contributed by atoms with Crippen LogP contribution in [-0.4, -0.2) is 18.1 Å². The number of esters is 1. The fourth-order valence-electron chi connectivity index (χ4n) is 2.01. The first-order valence-electron chi connectivity index (χ1n) is 6.41. The van der Waals surface area contributed by atoms with Crippen LogP contribution in [0.15, 0.2) is 53.1 Å². The molecule has 5 heteroatoms. The van der Waals surface area contributed by atoms with Gasteiger partial charge in [-0.1, -0.05) is 18.2 Å². The molecule has 3 aromatic rings. The molecule has 1 aromatic carbocycles. The Kier molecular flexibility index (Phi) is 3.55. The van der Waals surface area contributed by atoms with Gasteiger partial charge in [0, 0.05) is 11.6 Å². The molecule has 2 aromatic heterocycles. The molecule has 0 amide bonds. The molecule has 106 valence electrons. The molecule has 3 rings (SSSR count). The second kappa shape index (κ2) is 5.66. The van der Waals surface area contributed by atoms with Crippen LogP contribution in [-0.2, 0) is 11.3 Å². The van der Waals surface area contributed by atoms with Crippen molar-refractivity contribution in [2.75, 3.05) is 7.11 Å². The maximum atomic E-state index is 11.3. The van der Waals surface area contributed by atoms with Gasteiger partial charge in [-0.25, -0.2) is 4.79 Å². The van der Waals surface area contributed by atoms with E-state index < -0.39 is 5.97 Å². The van der Waals surface area contributed by atoms with E-state index in [1.54, 1.807) is 18.3 Å². The smallest absolute Gasteiger partial charge is 0.373 e. The van der Waals surface area contributed by atoms with E-state index in [4.69, 9.17) is 9.15 Å². The van der Waals surface area contributed by atoms with E-state index in [1.165, 1.54) is 7.11 Å². The van der Waals surface area contributed by atoms with Gasteiger partial charge in [0.2, 0.25) is 5.76 Å². The standard InChI is InChI=1S/C16H13NO4/c1-19-16(18)14-8-7-12(21-14)10-20-13-6-2-4-11-5-3-9-17-15(11)13/h2-9H,10H2,1H3. The van der Waals surface area contributed by atoms with Gasteiger partial charge < -0.3 is 13.9 Å². The number of hydrogen-bond acceptors (Lipinski definition) is 5. The van der Waals surface area contributed by atoms with Crippen LogP contribution >= 0.6 is 0 Å². The Bertz CT molecular complexity index is 773. The maximum Gasteiger partial charge on any atom is 0.373 e. The molecule has 21 heavy (non-hydrogen) atoms. The summed E-state index contributed by atoms with van der Waals surface area (Å²) >= 11 is 0. The molecule has 0 radical (unpaired) electrons. The van der Waals surface area contributed by atoms with E-state index in [-0.39, 0.29) is 12.4 Å². The van der Waals surface area contributed by atoms with Gasteiger partial charge in [0.05, 0.1) is 7.11 Å². The van der Waals surface area contributed by atoms with E-state index in [0.717, 1.165) is 10.9 Å². The number of furan rings is 1. The summed E-state index contributed by atoms with van der Waals surface area (Å²) < 4.78 is 15.7. The molecular formula is C16H13NO4. The molecule has 0 saturated heterocycles. The number of para-hydroxylation sites is 1. The Morgan fingerprint density at radius 2 is 2.05 bits per heavy atom. The van der Waals surface area contributed by atoms with E-state index >= 15 is 0 Å². The number of carbonyl (C=O) groups is 1. The highest BCUT2D eigenvalue weighted by atomic mass is 16.5. The summed E-state index contributed by atoms with van der Waals surface area (Å²) in [6.07, 6.45) is 1.72. The van der Waals surface area contributed by atoms with Crippen LogP contribution in [0, 0.1) is 0 Å². The first-order valence-corrected chi connectivity index (χ1v) is 6.41. The second-order valence-corrected chi connectivity index (χ2v) is 4.38. The predicted octanol–water partition coefficient (Wildman–Crippen LogP) is 3.19. The zero-order valence-electron chi connectivity index (χ0n) is 11.4. The summed E-state index contributed by atoms with van der Waals surface area (Å²) in [5.74, 6) is 0.868. The van der Waals surface area contributed by atoms with Gasteiger partial charge in [0.25, 0.3) is 0 Å². The predicted molar refractivity (Wildman–Crippen MR) is 76.1 cm³/mol. The van der Waals surface area contributed by atoms with E-state index in [2.05, 4.69) is 9.72 Å². The molecule has 0 atom stereocenters. The third-order valence-corrected chi connectivity index (χ3v) is 3.01. The molecule has 0 fully saturated rings. The van der Waals surface area contributed by atoms with Crippen LogP contribution < -0.4 is 4.74 Å². The average Bonchev–Trinajstić information content (AvgIpc) is 3.01. The second-order valence-electron chi connectivity index (χ2n) is 4.38. The minimum absolute atomic E-state index is 0.159. The number of methoxy groups -OCH3 is 1. The molecule has 0 N–H and O–H groups in total. The van der Waals surface area contributed by atoms with Gasteiger partial charge in [0.15, 0.2) is 0 Å². The Morgan fingerprint density at radius 1 is 1.19 bits per heavy atom. The lowest BCUT2D eigenvalue weighted by Gasteiger charge is -2.06. The third-order valence-electron chi connectivity index (χ3n) is 3.01. The fraction of sp³-hybridized carbons (Fsp3) is 0.125. The lowest BCUT2D eigenvalue weighted by molar-refractivity contribution is 0.0561. The molecule has 0 aliphatic carbocycles. The van der Waals surface area contributed by atoms with E-state index in [0.29, 0.717) is 11.5 Å². The lowest BCUT2D eigenvalue weighted by Crippen LogP contribution is -1.99. The number of pyridine rings is 1. The van der Waals surface area contributed by atoms with E-state index in [9.17, 15) is 4.79 Å². The first kappa shape index (κ1) is 13.2. The van der Waals surface area contributed by atoms with Crippen molar-refractivity contribution in [2.24, 2.45) is 0 Å². The quantitative estimate of drug-likeness (QED) is 0.688. The highest BCUT2D eigenvalue weighted by molar-refractivity contribution is 5.86. The Balaban J connectivity index is 1.77. The lowest BCUT2D eigenvalue weighted by atomic mass is 10.2. The van der Waals surface area contributed by atoms with Crippen molar-refractivity contribution >= 4 is 16.9 Å². The molecule has 0 bridgehead atoms. The van der Waals surface area contributed by atoms with E-state index in [1.807, 2.05) is 30.3 Å². The van der Waals surface area contributed by atoms with Crippen LogP contribution in [0.2, 0.25) is 0 Å². The molecule has 0 aliphatic heterocycles. The number of nitrogens with zero attached hydrogens (tertiary/aromatic N) is 1. The van der Waals surface area contributed by atoms with Crippen LogP contribution in [0.4, 0.5) is 0 Å². The molecule has 5 nitrogen and oxygen atoms in total. The van der Waals surface area contributed by atoms with Crippen molar-refractivity contribution in [2.45, 2.75) is 6.61 Å². The minimum Gasteiger partial charge on any atom is -0.483 e. The van der Waals surface area contributed by atoms with Gasteiger partial charge in [-0.2, -0.15) is 0 Å². The number of rotatable bonds is 4. The van der Waals surface area contributed by atoms with Crippen molar-refractivity contribution in [1.82, 2.24) is 4.98 Å². The van der Waals surface area contributed by atoms with Crippen LogP contribution in [0.3, 0.4) is 0 Å². The number of fused-ring (bicyclic) bond motifs is 1. The normalized spacial score (nSPS) is 10.5. The summed E-state index contributed by atoms with van der Waals surface area (Å²) in [5, 5.41) is 1.00. The highest BCUT2D eigenvalue weighted by Crippen LogP contribution is 2.24. The van der Waals surface area contributed by atoms with Crippen molar-refractivity contribution in [3.8, 4) is 5.75 Å². The minimum atomic E-state index is -0.506. The number of hydrogen-bond donors (Lipinski definition) is 0. The van der Waals surface area contributed by atoms with Gasteiger partial charge >= 0.3 is 5.97 Å². The topological polar surface area (TPSA) is 61.6 Å². The number of ether oxygens (including phenoxy) is 2. The molecule has 0 aliphatic rings. The zero-order chi connectivity index (χ0) is 14.7. The SMILES string of the molecule is COC(=O)c1ccc(COc2cccc3cccnc23)o1. The van der Waals surface area contributed by atoms with Crippen molar-refractivity contribution in [3.05, 3.63) is 60.2 Å². The molecule has 0 saturated carbocycles. The average molecular weight is 283 g/mol. The highest BCUT2D eigenvalue weighted by Gasteiger charge is 2.11. The number of benzene rings is 1. The summed E-state index contributed by atoms with van der Waals surface area (Å²) in [5.41, 5.74) is 0.791. The first-order chi connectivity index (χ1) is 10.3. The third kappa shape index (κ3) is 2.72. The summed E-state index contributed by atoms with van der Waals surface area (Å²) in [4.78, 5) is 15.6. The van der Waals surface area contributed by atoms with Crippen molar-refractivity contribution < 1.29 is 18.7 Å². The van der Waals surface area contributed by atoms with Crippen molar-refractivity contribution in [3.63, 3.8) is 0 Å². The molecule has 0 spiro atoms. The Labute approximate surface area is 121 Å². The van der Waals surface area contributed by atoms with Gasteiger partial charge in [-0.05, 0) is 24.3 Å². The van der Waals surface area contributed by atoms with Gasteiger partial charge in [0.1, 0.15) is 23.6 Å². The molecule has 2 heterocycles. The van der Waals surface area contributed by atoms with Gasteiger partial charge in [-0.15, -0.1) is 0 Å². The Morgan fingerprint density at radius 3 is 2.90 bits per heavy atom. The summed E-state index contributed by atoms with van der Waals surface area (Å²) in [6.45, 7) is 0.215. The van der Waals surface area contributed by atoms with Crippen LogP contribution in [0.1, 0.15) is 16.3 Å². The summed E-state index contributed by atoms with van der Waals surface area (Å²) in [6, 6.07) is 12.8. The van der Waals surface area contributed by atoms with Crippen LogP contribution in [0.5, 0.6) is 5.75 Å². The monoisotopic (exact) mass is 283 g/mol. The molecular weight excluding hydrogens is 270 g/mol. The number of carbonyl (C=O) groups excluding carboxylic acids is 1. The van der Waals surface area contributed by atoms with Crippen LogP contribution in [0.25, 0.3) is 10.9 Å². The maximum absolute atomic E-state index is 11.3. The fourth-order valence-corrected chi connectivity index (χ4v) is 2.01. The summed E-state index contributed by atoms with van der Waals surface area (Å²) in [7, 11) is 1.31. The largest absolute Gasteiger partial charge is 0.483 e. The Hall–Kier alpha value is -2.82. The van der Waals surface area contributed by atoms with Gasteiger partial charge in [-0.3, -0.25) is 4.98 Å². The number of aromatic nitrogens is 1.